The highest BCUT2D eigenvalue weighted by Gasteiger charge is 2.24. The molecule has 144 valence electrons. The van der Waals surface area contributed by atoms with Crippen molar-refractivity contribution in [2.75, 3.05) is 24.5 Å². The molecule has 3 heterocycles. The number of nitrogens with one attached hydrogen (secondary N) is 1. The lowest BCUT2D eigenvalue weighted by molar-refractivity contribution is 0.103. The molecule has 1 aromatic carbocycles. The third-order valence-corrected chi connectivity index (χ3v) is 5.20. The fraction of sp³-hybridized carbons (Fsp3) is 0.208. The molecule has 4 rings (SSSR count). The zero-order valence-electron chi connectivity index (χ0n) is 16.3. The van der Waals surface area contributed by atoms with Crippen LogP contribution in [0.3, 0.4) is 0 Å². The van der Waals surface area contributed by atoms with E-state index in [1.54, 1.807) is 24.4 Å². The third kappa shape index (κ3) is 3.89. The van der Waals surface area contributed by atoms with Crippen LogP contribution in [0, 0.1) is 19.3 Å². The predicted molar refractivity (Wildman–Crippen MR) is 114 cm³/mol. The van der Waals surface area contributed by atoms with Crippen molar-refractivity contribution in [3.8, 4) is 12.3 Å². The lowest BCUT2D eigenvalue weighted by atomic mass is 10.0. The van der Waals surface area contributed by atoms with E-state index in [4.69, 9.17) is 11.4 Å². The van der Waals surface area contributed by atoms with Gasteiger partial charge in [0, 0.05) is 43.1 Å². The summed E-state index contributed by atoms with van der Waals surface area (Å²) in [5, 5.41) is 3.55. The second-order valence-corrected chi connectivity index (χ2v) is 7.04. The number of anilines is 1. The average molecular weight is 382 g/mol. The van der Waals surface area contributed by atoms with Gasteiger partial charge in [0.15, 0.2) is 0 Å². The summed E-state index contributed by atoms with van der Waals surface area (Å²) in [6.45, 7) is 4.23. The summed E-state index contributed by atoms with van der Waals surface area (Å²) < 4.78 is 0. The van der Waals surface area contributed by atoms with Crippen LogP contribution < -0.4 is 10.2 Å². The molecule has 1 aliphatic rings. The van der Waals surface area contributed by atoms with E-state index in [-0.39, 0.29) is 11.8 Å². The van der Waals surface area contributed by atoms with Crippen LogP contribution in [0.5, 0.6) is 0 Å². The largest absolute Gasteiger partial charge is 0.353 e. The Morgan fingerprint density at radius 1 is 1.17 bits per heavy atom. The van der Waals surface area contributed by atoms with Crippen LogP contribution in [0.2, 0.25) is 0 Å². The molecule has 0 spiro atoms. The van der Waals surface area contributed by atoms with Gasteiger partial charge in [-0.3, -0.25) is 9.78 Å². The topological polar surface area (TPSA) is 58.1 Å². The van der Waals surface area contributed by atoms with Crippen molar-refractivity contribution in [1.29, 1.82) is 0 Å². The average Bonchev–Trinajstić information content (AvgIpc) is 2.79. The minimum Gasteiger partial charge on any atom is -0.353 e. The highest BCUT2D eigenvalue weighted by atomic mass is 16.1. The highest BCUT2D eigenvalue weighted by Crippen LogP contribution is 2.23. The summed E-state index contributed by atoms with van der Waals surface area (Å²) in [6.07, 6.45) is 7.32. The Balaban J connectivity index is 1.65. The Morgan fingerprint density at radius 2 is 2.00 bits per heavy atom. The van der Waals surface area contributed by atoms with E-state index < -0.39 is 0 Å². The Morgan fingerprint density at radius 3 is 2.76 bits per heavy atom. The second kappa shape index (κ2) is 8.26. The minimum atomic E-state index is -0.194. The van der Waals surface area contributed by atoms with E-state index in [1.165, 1.54) is 5.56 Å². The molecule has 1 unspecified atom stereocenters. The first-order valence-electron chi connectivity index (χ1n) is 9.64. The lowest BCUT2D eigenvalue weighted by Crippen LogP contribution is -2.46. The van der Waals surface area contributed by atoms with E-state index >= 15 is 0 Å². The van der Waals surface area contributed by atoms with Crippen LogP contribution in [-0.4, -0.2) is 35.4 Å². The predicted octanol–water partition coefficient (Wildman–Crippen LogP) is 3.15. The number of carbonyl (C=O) groups is 1. The Kier molecular flexibility index (Phi) is 5.37. The van der Waals surface area contributed by atoms with Gasteiger partial charge in [-0.1, -0.05) is 36.3 Å². The van der Waals surface area contributed by atoms with Crippen LogP contribution in [0.1, 0.15) is 38.9 Å². The Bertz CT molecular complexity index is 1070. The minimum absolute atomic E-state index is 0.194. The zero-order valence-corrected chi connectivity index (χ0v) is 16.3. The molecule has 2 aromatic heterocycles. The molecule has 5 nitrogen and oxygen atoms in total. The monoisotopic (exact) mass is 382 g/mol. The van der Waals surface area contributed by atoms with Gasteiger partial charge in [-0.25, -0.2) is 4.98 Å². The number of aromatic nitrogens is 2. The van der Waals surface area contributed by atoms with E-state index in [1.807, 2.05) is 31.2 Å². The van der Waals surface area contributed by atoms with Crippen molar-refractivity contribution >= 4 is 11.6 Å². The van der Waals surface area contributed by atoms with E-state index in [2.05, 4.69) is 33.3 Å². The molecule has 0 amide bonds. The standard InChI is InChI=1S/C24H22N4O/c1-3-18-11-12-22(27-23(18)24(29)20-10-7-13-25-17(20)2)28-15-14-26-21(16-28)19-8-5-4-6-9-19/h1,4-13,21,26H,14-16H2,2H3. The fourth-order valence-electron chi connectivity index (χ4n) is 3.63. The normalized spacial score (nSPS) is 16.3. The van der Waals surface area contributed by atoms with Crippen LogP contribution in [0.4, 0.5) is 5.82 Å². The van der Waals surface area contributed by atoms with Crippen LogP contribution in [0.15, 0.2) is 60.8 Å². The summed E-state index contributed by atoms with van der Waals surface area (Å²) in [7, 11) is 0. The van der Waals surface area contributed by atoms with E-state index in [0.717, 1.165) is 25.5 Å². The number of aryl methyl sites for hydroxylation is 1. The molecule has 0 aliphatic carbocycles. The SMILES string of the molecule is C#Cc1ccc(N2CCNC(c3ccccc3)C2)nc1C(=O)c1cccnc1C. The number of terminal acetylenes is 1. The van der Waals surface area contributed by atoms with Crippen LogP contribution >= 0.6 is 0 Å². The van der Waals surface area contributed by atoms with Crippen molar-refractivity contribution in [2.24, 2.45) is 0 Å². The summed E-state index contributed by atoms with van der Waals surface area (Å²) in [5.74, 6) is 3.16. The van der Waals surface area contributed by atoms with Gasteiger partial charge < -0.3 is 10.2 Å². The maximum atomic E-state index is 13.1. The number of nitrogens with zero attached hydrogens (tertiary/aromatic N) is 3. The molecule has 1 atom stereocenters. The van der Waals surface area contributed by atoms with E-state index in [0.29, 0.717) is 22.5 Å². The molecule has 1 fully saturated rings. The number of hydrogen-bond acceptors (Lipinski definition) is 5. The summed E-state index contributed by atoms with van der Waals surface area (Å²) in [5.41, 5.74) is 3.22. The molecule has 1 N–H and O–H groups in total. The zero-order chi connectivity index (χ0) is 20.2. The van der Waals surface area contributed by atoms with Crippen molar-refractivity contribution < 1.29 is 4.79 Å². The molecule has 0 saturated carbocycles. The number of rotatable bonds is 4. The van der Waals surface area contributed by atoms with Crippen molar-refractivity contribution in [1.82, 2.24) is 15.3 Å². The van der Waals surface area contributed by atoms with Crippen molar-refractivity contribution in [2.45, 2.75) is 13.0 Å². The molecular weight excluding hydrogens is 360 g/mol. The summed E-state index contributed by atoms with van der Waals surface area (Å²) in [4.78, 5) is 24.2. The van der Waals surface area contributed by atoms with Gasteiger partial charge in [0.2, 0.25) is 5.78 Å². The number of piperazine rings is 1. The van der Waals surface area contributed by atoms with Crippen LogP contribution in [-0.2, 0) is 0 Å². The van der Waals surface area contributed by atoms with E-state index in [9.17, 15) is 4.79 Å². The molecule has 0 bridgehead atoms. The van der Waals surface area contributed by atoms with Gasteiger partial charge in [0.1, 0.15) is 11.5 Å². The van der Waals surface area contributed by atoms with Gasteiger partial charge >= 0.3 is 0 Å². The van der Waals surface area contributed by atoms with Gasteiger partial charge in [-0.05, 0) is 36.8 Å². The molecule has 1 saturated heterocycles. The number of carbonyl (C=O) groups excluding carboxylic acids is 1. The first-order chi connectivity index (χ1) is 14.2. The van der Waals surface area contributed by atoms with Gasteiger partial charge in [0.05, 0.1) is 5.56 Å². The number of ketones is 1. The fourth-order valence-corrected chi connectivity index (χ4v) is 3.63. The first kappa shape index (κ1) is 18.9. The molecule has 0 radical (unpaired) electrons. The molecule has 1 aliphatic heterocycles. The number of benzene rings is 1. The third-order valence-electron chi connectivity index (χ3n) is 5.20. The summed E-state index contributed by atoms with van der Waals surface area (Å²) in [6, 6.07) is 17.8. The quantitative estimate of drug-likeness (QED) is 0.555. The van der Waals surface area contributed by atoms with Gasteiger partial charge in [-0.2, -0.15) is 0 Å². The van der Waals surface area contributed by atoms with Gasteiger partial charge in [0.25, 0.3) is 0 Å². The van der Waals surface area contributed by atoms with Crippen molar-refractivity contribution in [3.05, 3.63) is 88.9 Å². The molecule has 3 aromatic rings. The number of pyridine rings is 2. The summed E-state index contributed by atoms with van der Waals surface area (Å²) >= 11 is 0. The molecule has 29 heavy (non-hydrogen) atoms. The van der Waals surface area contributed by atoms with Gasteiger partial charge in [-0.15, -0.1) is 6.42 Å². The van der Waals surface area contributed by atoms with Crippen molar-refractivity contribution in [3.63, 3.8) is 0 Å². The highest BCUT2D eigenvalue weighted by molar-refractivity contribution is 6.10. The van der Waals surface area contributed by atoms with Crippen LogP contribution in [0.25, 0.3) is 0 Å². The number of hydrogen-bond donors (Lipinski definition) is 1. The first-order valence-corrected chi connectivity index (χ1v) is 9.64. The maximum Gasteiger partial charge on any atom is 0.214 e. The second-order valence-electron chi connectivity index (χ2n) is 7.04. The lowest BCUT2D eigenvalue weighted by Gasteiger charge is -2.35. The Hall–Kier alpha value is -3.49. The smallest absolute Gasteiger partial charge is 0.214 e. The molecule has 5 heteroatoms. The Labute approximate surface area is 170 Å². The molecular formula is C24H22N4O. The maximum absolute atomic E-state index is 13.1.